The van der Waals surface area contributed by atoms with Crippen LogP contribution in [0.5, 0.6) is 0 Å². The molecule has 0 aromatic heterocycles. The zero-order valence-corrected chi connectivity index (χ0v) is 5.97. The lowest BCUT2D eigenvalue weighted by Gasteiger charge is -2.05. The average Bonchev–Trinajstić information content (AvgIpc) is 2.41. The highest BCUT2D eigenvalue weighted by molar-refractivity contribution is 4.72. The molecule has 0 aliphatic carbocycles. The van der Waals surface area contributed by atoms with E-state index in [4.69, 9.17) is 10.00 Å². The van der Waals surface area contributed by atoms with Crippen LogP contribution in [-0.4, -0.2) is 26.3 Å². The predicted octanol–water partition coefficient (Wildman–Crippen LogP) is 0.136. The number of nitriles is 1. The van der Waals surface area contributed by atoms with E-state index in [1.807, 2.05) is 6.07 Å². The van der Waals surface area contributed by atoms with Crippen molar-refractivity contribution < 1.29 is 4.74 Å². The monoisotopic (exact) mass is 140 g/mol. The Hall–Kier alpha value is -0.590. The molecule has 1 rings (SSSR count). The molecule has 1 aliphatic heterocycles. The number of ether oxygens (including phenoxy) is 1. The molecule has 1 unspecified atom stereocenters. The zero-order chi connectivity index (χ0) is 7.23. The van der Waals surface area contributed by atoms with Crippen LogP contribution in [0.25, 0.3) is 0 Å². The van der Waals surface area contributed by atoms with Gasteiger partial charge >= 0.3 is 0 Å². The van der Waals surface area contributed by atoms with Crippen LogP contribution < -0.4 is 5.32 Å². The molecule has 0 spiro atoms. The topological polar surface area (TPSA) is 45.0 Å². The number of nitrogens with one attached hydrogen (secondary N) is 1. The van der Waals surface area contributed by atoms with E-state index in [-0.39, 0.29) is 6.61 Å². The first kappa shape index (κ1) is 7.52. The Morgan fingerprint density at radius 3 is 3.20 bits per heavy atom. The van der Waals surface area contributed by atoms with Crippen LogP contribution in [0.15, 0.2) is 0 Å². The number of hydrogen-bond acceptors (Lipinski definition) is 3. The standard InChI is InChI=1S/C7H12N2O/c8-2-4-10-6-7-1-3-9-5-7/h7,9H,1,3-6H2. The Balaban J connectivity index is 1.97. The molecule has 0 aromatic rings. The molecule has 0 radical (unpaired) electrons. The molecule has 1 aliphatic rings. The SMILES string of the molecule is N#CCOCC1CCNC1. The van der Waals surface area contributed by atoms with Crippen LogP contribution >= 0.6 is 0 Å². The fourth-order valence-electron chi connectivity index (χ4n) is 1.13. The molecule has 10 heavy (non-hydrogen) atoms. The van der Waals surface area contributed by atoms with Crippen LogP contribution in [0.4, 0.5) is 0 Å². The van der Waals surface area contributed by atoms with Gasteiger partial charge < -0.3 is 10.1 Å². The summed E-state index contributed by atoms with van der Waals surface area (Å²) in [5.74, 6) is 0.633. The fraction of sp³-hybridized carbons (Fsp3) is 0.857. The quantitative estimate of drug-likeness (QED) is 0.567. The minimum absolute atomic E-state index is 0.233. The van der Waals surface area contributed by atoms with E-state index in [2.05, 4.69) is 5.32 Å². The molecule has 1 fully saturated rings. The minimum Gasteiger partial charge on any atom is -0.366 e. The molecule has 0 saturated carbocycles. The highest BCUT2D eigenvalue weighted by Gasteiger charge is 2.13. The van der Waals surface area contributed by atoms with Gasteiger partial charge in [0, 0.05) is 6.54 Å². The van der Waals surface area contributed by atoms with E-state index in [1.165, 1.54) is 6.42 Å². The van der Waals surface area contributed by atoms with Crippen LogP contribution in [0.2, 0.25) is 0 Å². The minimum atomic E-state index is 0.233. The third-order valence-electron chi connectivity index (χ3n) is 1.68. The number of nitrogens with zero attached hydrogens (tertiary/aromatic N) is 1. The van der Waals surface area contributed by atoms with Gasteiger partial charge in [0.1, 0.15) is 6.61 Å². The Bertz CT molecular complexity index is 124. The van der Waals surface area contributed by atoms with E-state index in [1.54, 1.807) is 0 Å². The Kier molecular flexibility index (Phi) is 3.20. The summed E-state index contributed by atoms with van der Waals surface area (Å²) >= 11 is 0. The van der Waals surface area contributed by atoms with E-state index in [0.29, 0.717) is 5.92 Å². The van der Waals surface area contributed by atoms with Crippen molar-refractivity contribution in [3.8, 4) is 6.07 Å². The van der Waals surface area contributed by atoms with Crippen LogP contribution in [-0.2, 0) is 4.74 Å². The van der Waals surface area contributed by atoms with Crippen molar-refractivity contribution >= 4 is 0 Å². The van der Waals surface area contributed by atoms with Gasteiger partial charge in [-0.2, -0.15) is 5.26 Å². The highest BCUT2D eigenvalue weighted by Crippen LogP contribution is 2.06. The third kappa shape index (κ3) is 2.34. The summed E-state index contributed by atoms with van der Waals surface area (Å²) in [5, 5.41) is 11.4. The third-order valence-corrected chi connectivity index (χ3v) is 1.68. The predicted molar refractivity (Wildman–Crippen MR) is 37.4 cm³/mol. The Morgan fingerprint density at radius 1 is 1.70 bits per heavy atom. The molecule has 3 nitrogen and oxygen atoms in total. The highest BCUT2D eigenvalue weighted by atomic mass is 16.5. The van der Waals surface area contributed by atoms with E-state index in [9.17, 15) is 0 Å². The van der Waals surface area contributed by atoms with Gasteiger partial charge in [0.2, 0.25) is 0 Å². The lowest BCUT2D eigenvalue weighted by Crippen LogP contribution is -2.13. The molecular formula is C7H12N2O. The summed E-state index contributed by atoms with van der Waals surface area (Å²) in [5.41, 5.74) is 0. The van der Waals surface area contributed by atoms with Crippen LogP contribution in [0, 0.1) is 17.2 Å². The fourth-order valence-corrected chi connectivity index (χ4v) is 1.13. The van der Waals surface area contributed by atoms with Crippen molar-refractivity contribution in [2.24, 2.45) is 5.92 Å². The van der Waals surface area contributed by atoms with Crippen molar-refractivity contribution in [1.29, 1.82) is 5.26 Å². The second-order valence-corrected chi connectivity index (χ2v) is 2.53. The molecule has 3 heteroatoms. The summed E-state index contributed by atoms with van der Waals surface area (Å²) < 4.78 is 5.07. The molecule has 1 heterocycles. The van der Waals surface area contributed by atoms with Crippen molar-refractivity contribution in [3.63, 3.8) is 0 Å². The smallest absolute Gasteiger partial charge is 0.133 e. The van der Waals surface area contributed by atoms with Gasteiger partial charge in [0.25, 0.3) is 0 Å². The maximum atomic E-state index is 8.15. The van der Waals surface area contributed by atoms with Crippen LogP contribution in [0.1, 0.15) is 6.42 Å². The molecule has 0 aromatic carbocycles. The first-order chi connectivity index (χ1) is 4.93. The maximum Gasteiger partial charge on any atom is 0.133 e. The summed E-state index contributed by atoms with van der Waals surface area (Å²) in [7, 11) is 0. The lowest BCUT2D eigenvalue weighted by atomic mass is 10.1. The molecule has 0 amide bonds. The zero-order valence-electron chi connectivity index (χ0n) is 5.97. The van der Waals surface area contributed by atoms with Gasteiger partial charge in [-0.3, -0.25) is 0 Å². The summed E-state index contributed by atoms with van der Waals surface area (Å²) in [6.07, 6.45) is 1.19. The van der Waals surface area contributed by atoms with E-state index < -0.39 is 0 Å². The molecule has 1 atom stereocenters. The molecule has 0 bridgehead atoms. The van der Waals surface area contributed by atoms with Gasteiger partial charge in [-0.1, -0.05) is 0 Å². The maximum absolute atomic E-state index is 8.15. The van der Waals surface area contributed by atoms with Crippen molar-refractivity contribution in [3.05, 3.63) is 0 Å². The Morgan fingerprint density at radius 2 is 2.60 bits per heavy atom. The second-order valence-electron chi connectivity index (χ2n) is 2.53. The van der Waals surface area contributed by atoms with E-state index >= 15 is 0 Å². The van der Waals surface area contributed by atoms with Crippen molar-refractivity contribution in [2.75, 3.05) is 26.3 Å². The normalized spacial score (nSPS) is 24.5. The van der Waals surface area contributed by atoms with Gasteiger partial charge in [0.15, 0.2) is 0 Å². The van der Waals surface area contributed by atoms with Crippen LogP contribution in [0.3, 0.4) is 0 Å². The largest absolute Gasteiger partial charge is 0.366 e. The van der Waals surface area contributed by atoms with Gasteiger partial charge in [-0.05, 0) is 18.9 Å². The van der Waals surface area contributed by atoms with Gasteiger partial charge in [0.05, 0.1) is 12.7 Å². The number of rotatable bonds is 3. The first-order valence-corrected chi connectivity index (χ1v) is 3.59. The molecule has 1 saturated heterocycles. The van der Waals surface area contributed by atoms with Gasteiger partial charge in [-0.25, -0.2) is 0 Å². The summed E-state index contributed by atoms with van der Waals surface area (Å²) in [6.45, 7) is 3.11. The molecule has 56 valence electrons. The first-order valence-electron chi connectivity index (χ1n) is 3.59. The van der Waals surface area contributed by atoms with E-state index in [0.717, 1.165) is 19.7 Å². The van der Waals surface area contributed by atoms with Crippen molar-refractivity contribution in [1.82, 2.24) is 5.32 Å². The Labute approximate surface area is 61.0 Å². The second kappa shape index (κ2) is 4.26. The molecule has 1 N–H and O–H groups in total. The van der Waals surface area contributed by atoms with Gasteiger partial charge in [-0.15, -0.1) is 0 Å². The number of hydrogen-bond donors (Lipinski definition) is 1. The summed E-state index contributed by atoms with van der Waals surface area (Å²) in [6, 6.07) is 1.95. The average molecular weight is 140 g/mol. The molecular weight excluding hydrogens is 128 g/mol. The summed E-state index contributed by atoms with van der Waals surface area (Å²) in [4.78, 5) is 0. The van der Waals surface area contributed by atoms with Crippen molar-refractivity contribution in [2.45, 2.75) is 6.42 Å². The lowest BCUT2D eigenvalue weighted by molar-refractivity contribution is 0.132.